The summed E-state index contributed by atoms with van der Waals surface area (Å²) in [5.41, 5.74) is 2.78. The maximum absolute atomic E-state index is 12.5. The molecule has 2 N–H and O–H groups in total. The maximum Gasteiger partial charge on any atom is 0.274 e. The van der Waals surface area contributed by atoms with Crippen LogP contribution in [0.3, 0.4) is 0 Å². The molecule has 0 saturated heterocycles. The van der Waals surface area contributed by atoms with E-state index in [0.717, 1.165) is 16.6 Å². The number of amides is 1. The number of benzene rings is 2. The zero-order valence-electron chi connectivity index (χ0n) is 14.6. The van der Waals surface area contributed by atoms with Crippen LogP contribution in [-0.4, -0.2) is 20.9 Å². The first-order valence-corrected chi connectivity index (χ1v) is 8.47. The molecule has 0 fully saturated rings. The minimum atomic E-state index is -0.392. The van der Waals surface area contributed by atoms with Crippen molar-refractivity contribution >= 4 is 34.0 Å². The zero-order valence-corrected chi connectivity index (χ0v) is 14.6. The summed E-state index contributed by atoms with van der Waals surface area (Å²) in [6, 6.07) is 19.9. The average Bonchev–Trinajstić information content (AvgIpc) is 2.74. The lowest BCUT2D eigenvalue weighted by molar-refractivity contribution is 0.102. The van der Waals surface area contributed by atoms with Crippen molar-refractivity contribution in [3.05, 3.63) is 84.4 Å². The van der Waals surface area contributed by atoms with Gasteiger partial charge in [0.15, 0.2) is 0 Å². The first-order chi connectivity index (χ1) is 13.7. The Morgan fingerprint density at radius 2 is 1.82 bits per heavy atom. The molecule has 7 heteroatoms. The summed E-state index contributed by atoms with van der Waals surface area (Å²) >= 11 is 0. The minimum absolute atomic E-state index is 0.202. The number of para-hydroxylation sites is 1. The van der Waals surface area contributed by atoms with E-state index in [0.29, 0.717) is 17.1 Å². The number of nitriles is 1. The van der Waals surface area contributed by atoms with Crippen LogP contribution in [-0.2, 0) is 0 Å². The first-order valence-electron chi connectivity index (χ1n) is 8.47. The molecule has 28 heavy (non-hydrogen) atoms. The average molecular weight is 366 g/mol. The van der Waals surface area contributed by atoms with Gasteiger partial charge in [0.2, 0.25) is 0 Å². The fraction of sp³-hybridized carbons (Fsp3) is 0. The van der Waals surface area contributed by atoms with E-state index in [1.165, 1.54) is 6.33 Å². The highest BCUT2D eigenvalue weighted by molar-refractivity contribution is 6.03. The van der Waals surface area contributed by atoms with Gasteiger partial charge in [0.1, 0.15) is 17.8 Å². The standard InChI is InChI=1S/C21H14N6O/c22-12-14-4-1-7-16(10-14)26-21(28)18-11-19(25-13-24-18)27-17-8-2-5-15-6-3-9-23-20(15)17/h1-11,13H,(H,26,28)(H,24,25,27). The molecule has 0 aliphatic heterocycles. The number of aromatic nitrogens is 3. The van der Waals surface area contributed by atoms with Gasteiger partial charge in [-0.15, -0.1) is 0 Å². The third-order valence-electron chi connectivity index (χ3n) is 4.04. The highest BCUT2D eigenvalue weighted by Crippen LogP contribution is 2.23. The summed E-state index contributed by atoms with van der Waals surface area (Å²) in [7, 11) is 0. The molecule has 0 aliphatic rings. The first kappa shape index (κ1) is 17.1. The van der Waals surface area contributed by atoms with Gasteiger partial charge in [-0.25, -0.2) is 9.97 Å². The molecule has 134 valence electrons. The Hall–Kier alpha value is -4.31. The van der Waals surface area contributed by atoms with Gasteiger partial charge in [-0.1, -0.05) is 24.3 Å². The van der Waals surface area contributed by atoms with Crippen LogP contribution < -0.4 is 10.6 Å². The predicted molar refractivity (Wildman–Crippen MR) is 106 cm³/mol. The van der Waals surface area contributed by atoms with Crippen molar-refractivity contribution in [1.82, 2.24) is 15.0 Å². The van der Waals surface area contributed by atoms with Gasteiger partial charge in [0.25, 0.3) is 5.91 Å². The number of hydrogen-bond donors (Lipinski definition) is 2. The van der Waals surface area contributed by atoms with E-state index >= 15 is 0 Å². The van der Waals surface area contributed by atoms with E-state index in [1.54, 1.807) is 36.5 Å². The number of nitrogens with zero attached hydrogens (tertiary/aromatic N) is 4. The van der Waals surface area contributed by atoms with Gasteiger partial charge < -0.3 is 10.6 Å². The molecule has 0 bridgehead atoms. The number of nitrogens with one attached hydrogen (secondary N) is 2. The Morgan fingerprint density at radius 1 is 0.964 bits per heavy atom. The molecule has 2 aromatic heterocycles. The summed E-state index contributed by atoms with van der Waals surface area (Å²) in [5, 5.41) is 15.9. The number of rotatable bonds is 4. The number of carbonyl (C=O) groups excluding carboxylic acids is 1. The molecule has 0 atom stereocenters. The third kappa shape index (κ3) is 3.61. The normalized spacial score (nSPS) is 10.2. The van der Waals surface area contributed by atoms with Crippen LogP contribution in [0.5, 0.6) is 0 Å². The topological polar surface area (TPSA) is 104 Å². The van der Waals surface area contributed by atoms with E-state index in [-0.39, 0.29) is 5.69 Å². The monoisotopic (exact) mass is 366 g/mol. The molecule has 1 amide bonds. The smallest absolute Gasteiger partial charge is 0.274 e. The zero-order chi connectivity index (χ0) is 19.3. The van der Waals surface area contributed by atoms with E-state index in [4.69, 9.17) is 5.26 Å². The molecule has 2 heterocycles. The van der Waals surface area contributed by atoms with Crippen LogP contribution in [0, 0.1) is 11.3 Å². The van der Waals surface area contributed by atoms with Crippen LogP contribution in [0.2, 0.25) is 0 Å². The highest BCUT2D eigenvalue weighted by Gasteiger charge is 2.11. The minimum Gasteiger partial charge on any atom is -0.338 e. The number of carbonyl (C=O) groups is 1. The lowest BCUT2D eigenvalue weighted by Crippen LogP contribution is -2.14. The largest absolute Gasteiger partial charge is 0.338 e. The SMILES string of the molecule is N#Cc1cccc(NC(=O)c2cc(Nc3cccc4cccnc34)ncn2)c1. The van der Waals surface area contributed by atoms with E-state index in [2.05, 4.69) is 25.6 Å². The molecule has 2 aromatic carbocycles. The predicted octanol–water partition coefficient (Wildman–Crippen LogP) is 3.89. The maximum atomic E-state index is 12.5. The van der Waals surface area contributed by atoms with Crippen molar-refractivity contribution in [2.75, 3.05) is 10.6 Å². The fourth-order valence-electron chi connectivity index (χ4n) is 2.75. The van der Waals surface area contributed by atoms with Crippen molar-refractivity contribution in [3.8, 4) is 6.07 Å². The van der Waals surface area contributed by atoms with E-state index in [9.17, 15) is 4.79 Å². The number of fused-ring (bicyclic) bond motifs is 1. The molecule has 0 aliphatic carbocycles. The summed E-state index contributed by atoms with van der Waals surface area (Å²) < 4.78 is 0. The van der Waals surface area contributed by atoms with Crippen molar-refractivity contribution < 1.29 is 4.79 Å². The second-order valence-corrected chi connectivity index (χ2v) is 5.94. The van der Waals surface area contributed by atoms with E-state index in [1.807, 2.05) is 36.4 Å². The van der Waals surface area contributed by atoms with Crippen LogP contribution in [0.4, 0.5) is 17.2 Å². The van der Waals surface area contributed by atoms with Gasteiger partial charge in [-0.05, 0) is 30.3 Å². The van der Waals surface area contributed by atoms with Crippen LogP contribution in [0.15, 0.2) is 73.2 Å². The number of hydrogen-bond acceptors (Lipinski definition) is 6. The van der Waals surface area contributed by atoms with Gasteiger partial charge in [0.05, 0.1) is 22.8 Å². The summed E-state index contributed by atoms with van der Waals surface area (Å²) in [4.78, 5) is 25.1. The van der Waals surface area contributed by atoms with Crippen molar-refractivity contribution in [2.24, 2.45) is 0 Å². The van der Waals surface area contributed by atoms with E-state index < -0.39 is 5.91 Å². The number of anilines is 3. The lowest BCUT2D eigenvalue weighted by atomic mass is 10.2. The van der Waals surface area contributed by atoms with Gasteiger partial charge in [-0.2, -0.15) is 5.26 Å². The molecular weight excluding hydrogens is 352 g/mol. The highest BCUT2D eigenvalue weighted by atomic mass is 16.1. The molecular formula is C21H14N6O. The Kier molecular flexibility index (Phi) is 4.59. The Labute approximate surface area is 160 Å². The Balaban J connectivity index is 1.57. The molecule has 7 nitrogen and oxygen atoms in total. The summed E-state index contributed by atoms with van der Waals surface area (Å²) in [6.07, 6.45) is 3.04. The second kappa shape index (κ2) is 7.51. The molecule has 4 aromatic rings. The van der Waals surface area contributed by atoms with Crippen LogP contribution in [0.1, 0.15) is 16.1 Å². The lowest BCUT2D eigenvalue weighted by Gasteiger charge is -2.09. The van der Waals surface area contributed by atoms with Crippen molar-refractivity contribution in [2.45, 2.75) is 0 Å². The third-order valence-corrected chi connectivity index (χ3v) is 4.04. The molecule has 0 spiro atoms. The molecule has 0 radical (unpaired) electrons. The van der Waals surface area contributed by atoms with Crippen molar-refractivity contribution in [3.63, 3.8) is 0 Å². The Morgan fingerprint density at radius 3 is 2.71 bits per heavy atom. The van der Waals surface area contributed by atoms with Crippen LogP contribution >= 0.6 is 0 Å². The molecule has 0 unspecified atom stereocenters. The molecule has 4 rings (SSSR count). The fourth-order valence-corrected chi connectivity index (χ4v) is 2.75. The van der Waals surface area contributed by atoms with Gasteiger partial charge in [-0.3, -0.25) is 9.78 Å². The number of pyridine rings is 1. The second-order valence-electron chi connectivity index (χ2n) is 5.94. The van der Waals surface area contributed by atoms with Crippen LogP contribution in [0.25, 0.3) is 10.9 Å². The molecule has 0 saturated carbocycles. The van der Waals surface area contributed by atoms with Gasteiger partial charge in [0, 0.05) is 23.3 Å². The van der Waals surface area contributed by atoms with Crippen molar-refractivity contribution in [1.29, 1.82) is 5.26 Å². The summed E-state index contributed by atoms with van der Waals surface area (Å²) in [6.45, 7) is 0. The Bertz CT molecular complexity index is 1210. The summed E-state index contributed by atoms with van der Waals surface area (Å²) in [5.74, 6) is 0.0839. The quantitative estimate of drug-likeness (QED) is 0.568. The van der Waals surface area contributed by atoms with Gasteiger partial charge >= 0.3 is 0 Å².